The van der Waals surface area contributed by atoms with Gasteiger partial charge in [-0.3, -0.25) is 4.99 Å². The molecule has 4 heterocycles. The molecular weight excluding hydrogens is 667 g/mol. The largest absolute Gasteiger partial charge is 0.370 e. The van der Waals surface area contributed by atoms with Crippen LogP contribution in [0.4, 0.5) is 28.4 Å². The zero-order valence-corrected chi connectivity index (χ0v) is 33.8. The Hall–Kier alpha value is -5.29. The topological polar surface area (TPSA) is 22.1 Å². The molecule has 4 nitrogen and oxygen atoms in total. The van der Waals surface area contributed by atoms with Gasteiger partial charge in [-0.25, -0.2) is 0 Å². The molecule has 4 aromatic carbocycles. The molecule has 0 saturated carbocycles. The van der Waals surface area contributed by atoms with Gasteiger partial charge >= 0.3 is 0 Å². The monoisotopic (exact) mass is 720 g/mol. The minimum atomic E-state index is -0.00908. The van der Waals surface area contributed by atoms with E-state index in [-0.39, 0.29) is 23.6 Å². The van der Waals surface area contributed by atoms with Crippen LogP contribution in [0.2, 0.25) is 0 Å². The average molecular weight is 721 g/mol. The number of allylic oxidation sites excluding steroid dienone is 5. The van der Waals surface area contributed by atoms with Gasteiger partial charge in [0.15, 0.2) is 0 Å². The minimum absolute atomic E-state index is 0.00187. The first-order chi connectivity index (χ1) is 26.4. The van der Waals surface area contributed by atoms with Gasteiger partial charge < -0.3 is 14.7 Å². The van der Waals surface area contributed by atoms with E-state index in [0.717, 1.165) is 25.0 Å². The van der Waals surface area contributed by atoms with Gasteiger partial charge in [-0.1, -0.05) is 127 Å². The fourth-order valence-corrected chi connectivity index (χ4v) is 9.34. The van der Waals surface area contributed by atoms with Gasteiger partial charge in [0, 0.05) is 53.2 Å². The van der Waals surface area contributed by atoms with Gasteiger partial charge in [-0.2, -0.15) is 0 Å². The third-order valence-electron chi connectivity index (χ3n) is 12.3. The van der Waals surface area contributed by atoms with E-state index in [1.165, 1.54) is 72.8 Å². The third-order valence-corrected chi connectivity index (χ3v) is 12.3. The average Bonchev–Trinajstić information content (AvgIpc) is 3.17. The van der Waals surface area contributed by atoms with Crippen LogP contribution in [0.3, 0.4) is 0 Å². The van der Waals surface area contributed by atoms with Crippen molar-refractivity contribution in [3.8, 4) is 0 Å². The number of rotatable bonds is 4. The highest BCUT2D eigenvalue weighted by Gasteiger charge is 2.45. The summed E-state index contributed by atoms with van der Waals surface area (Å²) in [6, 6.07) is 30.8. The van der Waals surface area contributed by atoms with Gasteiger partial charge in [0.25, 0.3) is 6.71 Å². The van der Waals surface area contributed by atoms with Crippen LogP contribution in [-0.4, -0.2) is 30.9 Å². The molecule has 0 aromatic heterocycles. The molecule has 9 rings (SSSR count). The van der Waals surface area contributed by atoms with Crippen molar-refractivity contribution in [3.05, 3.63) is 149 Å². The number of para-hydroxylation sites is 1. The highest BCUT2D eigenvalue weighted by atomic mass is 15.2. The molecule has 4 aromatic rings. The standard InChI is InChI=1S/C50H53BN4/c1-33-17-15-19-37(41-21-12-14-30-53(41)8)48(33)55-44-24-16-23-43-47(44)51(39-28-26-35(32-46(39)55)50(5,6)7)38-27-25-34(49(2,3)4)31-45(38)54(43)42-22-10-9-18-36(42)40-20-11-13-29-52-40/h9-10,12,14-16,18-33,41H,11,13,17H2,1-8H3/t33-,41?/m0/s1. The normalized spacial score (nSPS) is 20.1. The maximum absolute atomic E-state index is 4.96. The maximum atomic E-state index is 4.96. The van der Waals surface area contributed by atoms with E-state index in [0.29, 0.717) is 5.92 Å². The van der Waals surface area contributed by atoms with Gasteiger partial charge in [0.1, 0.15) is 0 Å². The Bertz CT molecular complexity index is 2390. The molecule has 55 heavy (non-hydrogen) atoms. The zero-order valence-electron chi connectivity index (χ0n) is 33.8. The molecule has 0 spiro atoms. The molecule has 5 aliphatic rings. The molecule has 0 N–H and O–H groups in total. The lowest BCUT2D eigenvalue weighted by atomic mass is 9.33. The Kier molecular flexibility index (Phi) is 8.49. The molecule has 2 atom stereocenters. The van der Waals surface area contributed by atoms with Crippen LogP contribution in [0, 0.1) is 5.92 Å². The first-order valence-corrected chi connectivity index (χ1v) is 20.2. The van der Waals surface area contributed by atoms with Crippen LogP contribution in [0.15, 0.2) is 138 Å². The van der Waals surface area contributed by atoms with Crippen LogP contribution < -0.4 is 26.2 Å². The first kappa shape index (κ1) is 35.4. The van der Waals surface area contributed by atoms with Crippen LogP contribution in [0.25, 0.3) is 5.70 Å². The van der Waals surface area contributed by atoms with Gasteiger partial charge in [0.2, 0.25) is 0 Å². The van der Waals surface area contributed by atoms with Gasteiger partial charge in [-0.05, 0) is 106 Å². The highest BCUT2D eigenvalue weighted by Crippen LogP contribution is 2.48. The van der Waals surface area contributed by atoms with Crippen molar-refractivity contribution < 1.29 is 0 Å². The fraction of sp³-hybridized carbons (Fsp3) is 0.300. The van der Waals surface area contributed by atoms with Crippen molar-refractivity contribution in [2.45, 2.75) is 84.6 Å². The Morgan fingerprint density at radius 3 is 2.02 bits per heavy atom. The maximum Gasteiger partial charge on any atom is 0.252 e. The number of fused-ring (bicyclic) bond motifs is 4. The third kappa shape index (κ3) is 5.86. The molecule has 1 unspecified atom stereocenters. The molecule has 0 fully saturated rings. The second kappa shape index (κ2) is 13.2. The van der Waals surface area contributed by atoms with Crippen LogP contribution >= 0.6 is 0 Å². The van der Waals surface area contributed by atoms with Gasteiger partial charge in [0.05, 0.1) is 17.4 Å². The molecular formula is C50H53BN4. The van der Waals surface area contributed by atoms with E-state index in [1.54, 1.807) is 0 Å². The summed E-state index contributed by atoms with van der Waals surface area (Å²) in [4.78, 5) is 12.5. The van der Waals surface area contributed by atoms with Gasteiger partial charge in [-0.15, -0.1) is 0 Å². The summed E-state index contributed by atoms with van der Waals surface area (Å²) >= 11 is 0. The SMILES string of the molecule is C[C@H]1CC=CC(C2C=CC=CN2C)=C1N1c2cc(C(C)(C)C)ccc2B2c3ccc(C(C)(C)C)cc3N(c3ccccc3C3=CCCC=N3)c3cccc1c32. The van der Waals surface area contributed by atoms with Crippen molar-refractivity contribution >= 4 is 63.4 Å². The number of hydrogen-bond acceptors (Lipinski definition) is 4. The Morgan fingerprint density at radius 1 is 0.709 bits per heavy atom. The fourth-order valence-electron chi connectivity index (χ4n) is 9.34. The summed E-state index contributed by atoms with van der Waals surface area (Å²) < 4.78 is 0. The van der Waals surface area contributed by atoms with E-state index < -0.39 is 0 Å². The summed E-state index contributed by atoms with van der Waals surface area (Å²) in [6.07, 6.45) is 21.1. The van der Waals surface area contributed by atoms with E-state index in [9.17, 15) is 0 Å². The van der Waals surface area contributed by atoms with E-state index in [1.807, 2.05) is 0 Å². The predicted molar refractivity (Wildman–Crippen MR) is 237 cm³/mol. The molecule has 276 valence electrons. The number of benzene rings is 4. The minimum Gasteiger partial charge on any atom is -0.370 e. The number of aliphatic imine (C=N–C) groups is 1. The molecule has 0 bridgehead atoms. The van der Waals surface area contributed by atoms with E-state index in [2.05, 4.69) is 198 Å². The molecule has 0 radical (unpaired) electrons. The van der Waals surface area contributed by atoms with Crippen molar-refractivity contribution in [1.82, 2.24) is 4.90 Å². The number of nitrogens with zero attached hydrogens (tertiary/aromatic N) is 4. The smallest absolute Gasteiger partial charge is 0.252 e. The quantitative estimate of drug-likeness (QED) is 0.173. The number of likely N-dealkylation sites (N-methyl/N-ethyl adjacent to an activating group) is 1. The van der Waals surface area contributed by atoms with Crippen molar-refractivity contribution in [3.63, 3.8) is 0 Å². The Balaban J connectivity index is 1.37. The molecule has 4 aliphatic heterocycles. The lowest BCUT2D eigenvalue weighted by molar-refractivity contribution is 0.416. The van der Waals surface area contributed by atoms with Crippen LogP contribution in [-0.2, 0) is 10.8 Å². The molecule has 0 amide bonds. The van der Waals surface area contributed by atoms with Crippen molar-refractivity contribution in [1.29, 1.82) is 0 Å². The summed E-state index contributed by atoms with van der Waals surface area (Å²) in [5.74, 6) is 0.324. The highest BCUT2D eigenvalue weighted by molar-refractivity contribution is 7.00. The first-order valence-electron chi connectivity index (χ1n) is 20.2. The van der Waals surface area contributed by atoms with E-state index >= 15 is 0 Å². The Morgan fingerprint density at radius 2 is 1.36 bits per heavy atom. The summed E-state index contributed by atoms with van der Waals surface area (Å²) in [6.45, 7) is 16.5. The second-order valence-corrected chi connectivity index (χ2v) is 18.1. The number of anilines is 5. The molecule has 5 heteroatoms. The predicted octanol–water partition coefficient (Wildman–Crippen LogP) is 10.5. The molecule has 1 aliphatic carbocycles. The second-order valence-electron chi connectivity index (χ2n) is 18.1. The lowest BCUT2D eigenvalue weighted by Gasteiger charge is -2.47. The summed E-state index contributed by atoms with van der Waals surface area (Å²) in [5, 5.41) is 0. The molecule has 0 saturated heterocycles. The zero-order chi connectivity index (χ0) is 38.2. The van der Waals surface area contributed by atoms with Crippen molar-refractivity contribution in [2.24, 2.45) is 10.9 Å². The van der Waals surface area contributed by atoms with Crippen LogP contribution in [0.5, 0.6) is 0 Å². The Labute approximate surface area is 329 Å². The van der Waals surface area contributed by atoms with Crippen molar-refractivity contribution in [2.75, 3.05) is 16.8 Å². The van der Waals surface area contributed by atoms with Crippen LogP contribution in [0.1, 0.15) is 84.4 Å². The van der Waals surface area contributed by atoms with E-state index in [4.69, 9.17) is 4.99 Å². The number of hydrogen-bond donors (Lipinski definition) is 0. The lowest BCUT2D eigenvalue weighted by Crippen LogP contribution is -2.62. The summed E-state index contributed by atoms with van der Waals surface area (Å²) in [7, 11) is 2.20. The summed E-state index contributed by atoms with van der Waals surface area (Å²) in [5.41, 5.74) is 18.0.